The maximum Gasteiger partial charge on any atom is 0.291 e. The Kier molecular flexibility index (Phi) is 5.16. The van der Waals surface area contributed by atoms with Gasteiger partial charge in [-0.25, -0.2) is 0 Å². The van der Waals surface area contributed by atoms with Crippen LogP contribution in [-0.2, 0) is 11.2 Å². The molecular weight excluding hydrogens is 386 g/mol. The molecule has 0 aromatic heterocycles. The third-order valence-electron chi connectivity index (χ3n) is 6.11. The summed E-state index contributed by atoms with van der Waals surface area (Å²) < 4.78 is 0. The Morgan fingerprint density at radius 3 is 2.71 bits per heavy atom. The molecule has 0 saturated carbocycles. The molecule has 3 aromatic carbocycles. The number of fused-ring (bicyclic) bond motifs is 1. The van der Waals surface area contributed by atoms with E-state index in [1.165, 1.54) is 0 Å². The Balaban J connectivity index is 1.36. The van der Waals surface area contributed by atoms with Gasteiger partial charge in [-0.1, -0.05) is 48.5 Å². The summed E-state index contributed by atoms with van der Waals surface area (Å²) in [4.78, 5) is 25.0. The lowest BCUT2D eigenvalue weighted by Crippen LogP contribution is -2.23. The standard InChI is InChI=1S/C26H23N3O2/c30-25(22-14-6-9-18-8-1-2-11-20(18)22)27-19-10-5-7-17(15-19)16-24-21-12-3-4-13-23(21)26(31)29-28-24/h1-2,5-11,14-15,24H,3-4,12-13,16H2,(H,27,30). The maximum atomic E-state index is 13.0. The van der Waals surface area contributed by atoms with Crippen molar-refractivity contribution < 1.29 is 9.59 Å². The lowest BCUT2D eigenvalue weighted by molar-refractivity contribution is -0.115. The van der Waals surface area contributed by atoms with Crippen LogP contribution in [0.25, 0.3) is 10.8 Å². The number of carbonyl (C=O) groups is 2. The topological polar surface area (TPSA) is 70.9 Å². The van der Waals surface area contributed by atoms with Gasteiger partial charge in [-0.05, 0) is 65.8 Å². The van der Waals surface area contributed by atoms with Gasteiger partial charge in [0.05, 0.1) is 6.04 Å². The highest BCUT2D eigenvalue weighted by atomic mass is 16.2. The summed E-state index contributed by atoms with van der Waals surface area (Å²) >= 11 is 0. The fraction of sp³-hybridized carbons (Fsp3) is 0.231. The van der Waals surface area contributed by atoms with Crippen molar-refractivity contribution in [3.8, 4) is 0 Å². The first kappa shape index (κ1) is 19.4. The Bertz CT molecular complexity index is 1240. The van der Waals surface area contributed by atoms with Gasteiger partial charge in [0.1, 0.15) is 0 Å². The summed E-state index contributed by atoms with van der Waals surface area (Å²) in [5.74, 6) is -0.295. The second-order valence-electron chi connectivity index (χ2n) is 8.13. The van der Waals surface area contributed by atoms with Crippen molar-refractivity contribution in [2.24, 2.45) is 10.2 Å². The first-order valence-corrected chi connectivity index (χ1v) is 10.7. The number of rotatable bonds is 4. The van der Waals surface area contributed by atoms with Crippen LogP contribution in [0.2, 0.25) is 0 Å². The van der Waals surface area contributed by atoms with E-state index in [2.05, 4.69) is 15.5 Å². The van der Waals surface area contributed by atoms with Gasteiger partial charge in [-0.3, -0.25) is 9.59 Å². The van der Waals surface area contributed by atoms with Gasteiger partial charge in [0.25, 0.3) is 11.8 Å². The van der Waals surface area contributed by atoms with E-state index >= 15 is 0 Å². The van der Waals surface area contributed by atoms with Gasteiger partial charge in [0.15, 0.2) is 0 Å². The average Bonchev–Trinajstić information content (AvgIpc) is 2.81. The van der Waals surface area contributed by atoms with Gasteiger partial charge < -0.3 is 5.32 Å². The minimum Gasteiger partial charge on any atom is -0.322 e. The van der Waals surface area contributed by atoms with E-state index in [-0.39, 0.29) is 17.9 Å². The summed E-state index contributed by atoms with van der Waals surface area (Å²) in [7, 11) is 0. The zero-order valence-corrected chi connectivity index (χ0v) is 17.2. The summed E-state index contributed by atoms with van der Waals surface area (Å²) in [5.41, 5.74) is 4.48. The van der Waals surface area contributed by atoms with Gasteiger partial charge in [0.2, 0.25) is 0 Å². The number of hydrogen-bond acceptors (Lipinski definition) is 3. The number of hydrogen-bond donors (Lipinski definition) is 1. The molecule has 5 rings (SSSR count). The molecule has 1 N–H and O–H groups in total. The van der Waals surface area contributed by atoms with Gasteiger partial charge >= 0.3 is 0 Å². The van der Waals surface area contributed by atoms with Crippen LogP contribution in [0, 0.1) is 0 Å². The molecule has 3 aromatic rings. The third-order valence-corrected chi connectivity index (χ3v) is 6.11. The van der Waals surface area contributed by atoms with Gasteiger partial charge in [0, 0.05) is 23.2 Å². The number of carbonyl (C=O) groups excluding carboxylic acids is 2. The van der Waals surface area contributed by atoms with Gasteiger partial charge in [-0.2, -0.15) is 5.11 Å². The molecule has 0 bridgehead atoms. The maximum absolute atomic E-state index is 13.0. The van der Waals surface area contributed by atoms with E-state index in [1.54, 1.807) is 0 Å². The number of anilines is 1. The molecule has 5 nitrogen and oxygen atoms in total. The third kappa shape index (κ3) is 3.91. The zero-order valence-electron chi connectivity index (χ0n) is 17.2. The average molecular weight is 409 g/mol. The molecule has 31 heavy (non-hydrogen) atoms. The van der Waals surface area contributed by atoms with Crippen molar-refractivity contribution in [1.82, 2.24) is 0 Å². The van der Waals surface area contributed by atoms with Crippen LogP contribution < -0.4 is 5.32 Å². The lowest BCUT2D eigenvalue weighted by Gasteiger charge is -2.25. The van der Waals surface area contributed by atoms with Crippen LogP contribution in [-0.4, -0.2) is 17.9 Å². The summed E-state index contributed by atoms with van der Waals surface area (Å²) in [6, 6.07) is 21.4. The Labute approximate surface area is 180 Å². The lowest BCUT2D eigenvalue weighted by atomic mass is 9.84. The fourth-order valence-corrected chi connectivity index (χ4v) is 4.58. The predicted octanol–water partition coefficient (Wildman–Crippen LogP) is 5.87. The molecule has 0 saturated heterocycles. The molecule has 0 spiro atoms. The second-order valence-corrected chi connectivity index (χ2v) is 8.13. The van der Waals surface area contributed by atoms with Crippen molar-refractivity contribution in [3.05, 3.63) is 89.0 Å². The predicted molar refractivity (Wildman–Crippen MR) is 121 cm³/mol. The van der Waals surface area contributed by atoms with E-state index in [0.29, 0.717) is 12.0 Å². The molecule has 2 aliphatic rings. The van der Waals surface area contributed by atoms with Crippen LogP contribution in [0.5, 0.6) is 0 Å². The van der Waals surface area contributed by atoms with E-state index in [0.717, 1.165) is 58.9 Å². The van der Waals surface area contributed by atoms with Crippen molar-refractivity contribution in [1.29, 1.82) is 0 Å². The fourth-order valence-electron chi connectivity index (χ4n) is 4.58. The Hall–Kier alpha value is -3.60. The summed E-state index contributed by atoms with van der Waals surface area (Å²) in [6.45, 7) is 0. The molecule has 154 valence electrons. The van der Waals surface area contributed by atoms with Crippen molar-refractivity contribution >= 4 is 28.3 Å². The van der Waals surface area contributed by atoms with Crippen molar-refractivity contribution in [2.75, 3.05) is 5.32 Å². The van der Waals surface area contributed by atoms with E-state index in [1.807, 2.05) is 66.7 Å². The van der Waals surface area contributed by atoms with E-state index in [4.69, 9.17) is 0 Å². The monoisotopic (exact) mass is 409 g/mol. The molecule has 1 unspecified atom stereocenters. The number of nitrogens with one attached hydrogen (secondary N) is 1. The highest BCUT2D eigenvalue weighted by Crippen LogP contribution is 2.34. The van der Waals surface area contributed by atoms with Crippen LogP contribution >= 0.6 is 0 Å². The number of benzene rings is 3. The highest BCUT2D eigenvalue weighted by molar-refractivity contribution is 6.12. The molecule has 1 heterocycles. The van der Waals surface area contributed by atoms with E-state index < -0.39 is 0 Å². The van der Waals surface area contributed by atoms with Crippen LogP contribution in [0.1, 0.15) is 41.6 Å². The van der Waals surface area contributed by atoms with Crippen LogP contribution in [0.3, 0.4) is 0 Å². The Morgan fingerprint density at radius 2 is 1.77 bits per heavy atom. The second kappa shape index (κ2) is 8.26. The molecule has 0 radical (unpaired) electrons. The molecule has 1 atom stereocenters. The molecule has 1 aliphatic heterocycles. The number of nitrogens with zero attached hydrogens (tertiary/aromatic N) is 2. The SMILES string of the molecule is O=C1N=NC(Cc2cccc(NC(=O)c3cccc4ccccc34)c2)C2=C1CCCC2. The van der Waals surface area contributed by atoms with Crippen LogP contribution in [0.15, 0.2) is 88.1 Å². The first-order chi connectivity index (χ1) is 15.2. The first-order valence-electron chi connectivity index (χ1n) is 10.7. The molecule has 2 amide bonds. The molecular formula is C26H23N3O2. The molecule has 5 heteroatoms. The number of azo groups is 1. The van der Waals surface area contributed by atoms with Crippen LogP contribution in [0.4, 0.5) is 5.69 Å². The normalized spacial score (nSPS) is 18.2. The Morgan fingerprint density at radius 1 is 0.968 bits per heavy atom. The zero-order chi connectivity index (χ0) is 21.2. The largest absolute Gasteiger partial charge is 0.322 e. The minimum atomic E-state index is -0.165. The summed E-state index contributed by atoms with van der Waals surface area (Å²) in [5, 5.41) is 13.2. The van der Waals surface area contributed by atoms with Crippen molar-refractivity contribution in [2.45, 2.75) is 38.1 Å². The minimum absolute atomic E-state index is 0.0861. The highest BCUT2D eigenvalue weighted by Gasteiger charge is 2.28. The number of amides is 2. The smallest absolute Gasteiger partial charge is 0.291 e. The van der Waals surface area contributed by atoms with Gasteiger partial charge in [-0.15, -0.1) is 5.11 Å². The van der Waals surface area contributed by atoms with E-state index in [9.17, 15) is 9.59 Å². The summed E-state index contributed by atoms with van der Waals surface area (Å²) in [6.07, 6.45) is 4.54. The molecule has 0 fully saturated rings. The quantitative estimate of drug-likeness (QED) is 0.586. The molecule has 1 aliphatic carbocycles. The van der Waals surface area contributed by atoms with Crippen molar-refractivity contribution in [3.63, 3.8) is 0 Å².